The number of fused-ring (bicyclic) bond motifs is 5. The first kappa shape index (κ1) is 9.17. The smallest absolute Gasteiger partial charge is 0.00429 e. The standard InChI is InChI=1S/C12H22N2/c13-5-9-4-10-7-1-2-8(3-7)12(10)11(9)6-14/h7-12H,1-6,13-14H2. The van der Waals surface area contributed by atoms with Crippen LogP contribution in [-0.2, 0) is 0 Å². The molecule has 3 saturated carbocycles. The first-order valence-electron chi connectivity index (χ1n) is 6.25. The van der Waals surface area contributed by atoms with Crippen molar-refractivity contribution in [2.45, 2.75) is 25.7 Å². The first-order chi connectivity index (χ1) is 6.85. The van der Waals surface area contributed by atoms with Crippen LogP contribution in [0.25, 0.3) is 0 Å². The van der Waals surface area contributed by atoms with Crippen molar-refractivity contribution < 1.29 is 0 Å². The molecule has 3 aliphatic carbocycles. The number of nitrogens with two attached hydrogens (primary N) is 2. The molecule has 0 amide bonds. The fourth-order valence-corrected chi connectivity index (χ4v) is 4.93. The molecule has 80 valence electrons. The van der Waals surface area contributed by atoms with Gasteiger partial charge < -0.3 is 11.5 Å². The van der Waals surface area contributed by atoms with E-state index in [1.165, 1.54) is 25.7 Å². The van der Waals surface area contributed by atoms with Gasteiger partial charge in [0.25, 0.3) is 0 Å². The highest BCUT2D eigenvalue weighted by atomic mass is 14.7. The molecule has 0 aliphatic heterocycles. The summed E-state index contributed by atoms with van der Waals surface area (Å²) in [4.78, 5) is 0. The summed E-state index contributed by atoms with van der Waals surface area (Å²) in [6, 6.07) is 0. The molecule has 0 aromatic rings. The summed E-state index contributed by atoms with van der Waals surface area (Å²) in [7, 11) is 0. The van der Waals surface area contributed by atoms with Crippen molar-refractivity contribution in [3.8, 4) is 0 Å². The van der Waals surface area contributed by atoms with E-state index in [9.17, 15) is 0 Å². The lowest BCUT2D eigenvalue weighted by molar-refractivity contribution is 0.206. The Kier molecular flexibility index (Phi) is 2.10. The quantitative estimate of drug-likeness (QED) is 0.694. The van der Waals surface area contributed by atoms with Gasteiger partial charge in [0.15, 0.2) is 0 Å². The van der Waals surface area contributed by atoms with Gasteiger partial charge in [-0.15, -0.1) is 0 Å². The Bertz CT molecular complexity index is 228. The third kappa shape index (κ3) is 1.04. The van der Waals surface area contributed by atoms with Crippen LogP contribution < -0.4 is 11.5 Å². The summed E-state index contributed by atoms with van der Waals surface area (Å²) >= 11 is 0. The molecular formula is C12H22N2. The zero-order chi connectivity index (χ0) is 9.71. The maximum Gasteiger partial charge on any atom is -0.00429 e. The summed E-state index contributed by atoms with van der Waals surface area (Å²) in [5.74, 6) is 5.56. The molecule has 0 heterocycles. The molecule has 4 N–H and O–H groups in total. The minimum Gasteiger partial charge on any atom is -0.330 e. The highest BCUT2D eigenvalue weighted by Gasteiger charge is 2.55. The van der Waals surface area contributed by atoms with Gasteiger partial charge in [0.2, 0.25) is 0 Å². The van der Waals surface area contributed by atoms with Gasteiger partial charge in [-0.05, 0) is 74.3 Å². The van der Waals surface area contributed by atoms with Crippen molar-refractivity contribution in [2.24, 2.45) is 47.0 Å². The molecule has 3 rings (SSSR count). The predicted molar refractivity (Wildman–Crippen MR) is 57.5 cm³/mol. The molecule has 0 spiro atoms. The molecule has 0 radical (unpaired) electrons. The van der Waals surface area contributed by atoms with E-state index < -0.39 is 0 Å². The molecular weight excluding hydrogens is 172 g/mol. The van der Waals surface area contributed by atoms with E-state index in [1.54, 1.807) is 0 Å². The Morgan fingerprint density at radius 2 is 1.71 bits per heavy atom. The van der Waals surface area contributed by atoms with E-state index in [1.807, 2.05) is 0 Å². The van der Waals surface area contributed by atoms with E-state index in [0.29, 0.717) is 0 Å². The molecule has 6 atom stereocenters. The van der Waals surface area contributed by atoms with E-state index >= 15 is 0 Å². The molecule has 14 heavy (non-hydrogen) atoms. The Morgan fingerprint density at radius 3 is 2.43 bits per heavy atom. The van der Waals surface area contributed by atoms with Gasteiger partial charge in [-0.2, -0.15) is 0 Å². The molecule has 0 aromatic heterocycles. The van der Waals surface area contributed by atoms with E-state index in [0.717, 1.165) is 48.6 Å². The SMILES string of the molecule is NCC1CC2C3CCC(C3)C2C1CN. The van der Waals surface area contributed by atoms with Gasteiger partial charge in [-0.1, -0.05) is 0 Å². The average molecular weight is 194 g/mol. The first-order valence-corrected chi connectivity index (χ1v) is 6.25. The second kappa shape index (κ2) is 3.21. The van der Waals surface area contributed by atoms with Crippen LogP contribution in [-0.4, -0.2) is 13.1 Å². The maximum absolute atomic E-state index is 5.93. The summed E-state index contributed by atoms with van der Waals surface area (Å²) in [5.41, 5.74) is 11.8. The van der Waals surface area contributed by atoms with Crippen LogP contribution >= 0.6 is 0 Å². The number of rotatable bonds is 2. The predicted octanol–water partition coefficient (Wildman–Crippen LogP) is 1.20. The van der Waals surface area contributed by atoms with Gasteiger partial charge in [0.1, 0.15) is 0 Å². The lowest BCUT2D eigenvalue weighted by Gasteiger charge is -2.29. The van der Waals surface area contributed by atoms with Crippen molar-refractivity contribution in [1.29, 1.82) is 0 Å². The van der Waals surface area contributed by atoms with Crippen LogP contribution in [0.15, 0.2) is 0 Å². The highest BCUT2D eigenvalue weighted by molar-refractivity contribution is 5.05. The second-order valence-electron chi connectivity index (χ2n) is 5.71. The number of hydrogen-bond donors (Lipinski definition) is 2. The zero-order valence-corrected chi connectivity index (χ0v) is 8.86. The summed E-state index contributed by atoms with van der Waals surface area (Å²) < 4.78 is 0. The third-order valence-corrected chi connectivity index (χ3v) is 5.41. The van der Waals surface area contributed by atoms with Gasteiger partial charge in [0.05, 0.1) is 0 Å². The summed E-state index contributed by atoms with van der Waals surface area (Å²) in [6.07, 6.45) is 5.90. The molecule has 0 aromatic carbocycles. The van der Waals surface area contributed by atoms with Crippen LogP contribution in [0.2, 0.25) is 0 Å². The normalized spacial score (nSPS) is 55.3. The molecule has 0 saturated heterocycles. The van der Waals surface area contributed by atoms with Crippen molar-refractivity contribution in [2.75, 3.05) is 13.1 Å². The van der Waals surface area contributed by atoms with Gasteiger partial charge in [-0.25, -0.2) is 0 Å². The fraction of sp³-hybridized carbons (Fsp3) is 1.00. The zero-order valence-electron chi connectivity index (χ0n) is 8.86. The molecule has 3 fully saturated rings. The van der Waals surface area contributed by atoms with E-state index in [2.05, 4.69) is 0 Å². The van der Waals surface area contributed by atoms with Crippen molar-refractivity contribution in [1.82, 2.24) is 0 Å². The third-order valence-electron chi connectivity index (χ3n) is 5.41. The Morgan fingerprint density at radius 1 is 0.929 bits per heavy atom. The fourth-order valence-electron chi connectivity index (χ4n) is 4.93. The summed E-state index contributed by atoms with van der Waals surface area (Å²) in [5, 5.41) is 0. The number of hydrogen-bond acceptors (Lipinski definition) is 2. The Hall–Kier alpha value is -0.0800. The lowest BCUT2D eigenvalue weighted by atomic mass is 9.77. The van der Waals surface area contributed by atoms with E-state index in [-0.39, 0.29) is 0 Å². The maximum atomic E-state index is 5.93. The van der Waals surface area contributed by atoms with E-state index in [4.69, 9.17) is 11.5 Å². The molecule has 2 nitrogen and oxygen atoms in total. The molecule has 2 heteroatoms. The van der Waals surface area contributed by atoms with Crippen LogP contribution in [0.3, 0.4) is 0 Å². The monoisotopic (exact) mass is 194 g/mol. The Balaban J connectivity index is 1.84. The van der Waals surface area contributed by atoms with Crippen LogP contribution in [0.5, 0.6) is 0 Å². The highest BCUT2D eigenvalue weighted by Crippen LogP contribution is 2.61. The van der Waals surface area contributed by atoms with Crippen molar-refractivity contribution in [3.63, 3.8) is 0 Å². The topological polar surface area (TPSA) is 52.0 Å². The van der Waals surface area contributed by atoms with Crippen LogP contribution in [0.4, 0.5) is 0 Å². The average Bonchev–Trinajstić information content (AvgIpc) is 2.87. The van der Waals surface area contributed by atoms with Crippen molar-refractivity contribution in [3.05, 3.63) is 0 Å². The van der Waals surface area contributed by atoms with Crippen LogP contribution in [0, 0.1) is 35.5 Å². The van der Waals surface area contributed by atoms with Crippen molar-refractivity contribution >= 4 is 0 Å². The van der Waals surface area contributed by atoms with Crippen LogP contribution in [0.1, 0.15) is 25.7 Å². The minimum absolute atomic E-state index is 0.749. The second-order valence-corrected chi connectivity index (χ2v) is 5.71. The van der Waals surface area contributed by atoms with Gasteiger partial charge in [-0.3, -0.25) is 0 Å². The van der Waals surface area contributed by atoms with Gasteiger partial charge >= 0.3 is 0 Å². The molecule has 6 unspecified atom stereocenters. The Labute approximate surface area is 86.4 Å². The lowest BCUT2D eigenvalue weighted by Crippen LogP contribution is -2.31. The molecule has 2 bridgehead atoms. The summed E-state index contributed by atoms with van der Waals surface area (Å²) in [6.45, 7) is 1.75. The van der Waals surface area contributed by atoms with Gasteiger partial charge in [0, 0.05) is 0 Å². The minimum atomic E-state index is 0.749. The largest absolute Gasteiger partial charge is 0.330 e. The molecule has 3 aliphatic rings.